The molecular weight excluding hydrogens is 396 g/mol. The van der Waals surface area contributed by atoms with Crippen LogP contribution in [-0.2, 0) is 6.54 Å². The summed E-state index contributed by atoms with van der Waals surface area (Å²) >= 11 is 2.02. The first kappa shape index (κ1) is 20.8. The van der Waals surface area contributed by atoms with Gasteiger partial charge < -0.3 is 9.84 Å². The van der Waals surface area contributed by atoms with Crippen LogP contribution in [0.3, 0.4) is 0 Å². The molecule has 1 amide bonds. The van der Waals surface area contributed by atoms with E-state index in [4.69, 9.17) is 4.52 Å². The molecule has 4 rings (SSSR count). The van der Waals surface area contributed by atoms with Crippen LogP contribution in [0.15, 0.2) is 34.9 Å². The standard InChI is InChI=1S/C23H28N4O2S/c1-15-11-19(14-26-7-9-30-10-8-26)5-6-21(15)24-23(28)20-12-16(2)27(18(20)4)22-13-17(3)29-25-22/h5-6,11-13H,7-10,14H2,1-4H3,(H,24,28). The van der Waals surface area contributed by atoms with E-state index >= 15 is 0 Å². The second kappa shape index (κ2) is 8.70. The highest BCUT2D eigenvalue weighted by molar-refractivity contribution is 7.99. The summed E-state index contributed by atoms with van der Waals surface area (Å²) in [5.41, 5.74) is 5.64. The summed E-state index contributed by atoms with van der Waals surface area (Å²) in [5.74, 6) is 3.73. The van der Waals surface area contributed by atoms with Crippen molar-refractivity contribution in [3.8, 4) is 5.82 Å². The van der Waals surface area contributed by atoms with E-state index in [1.165, 1.54) is 17.1 Å². The molecule has 3 heterocycles. The Bertz CT molecular complexity index is 1060. The second-order valence-electron chi connectivity index (χ2n) is 7.91. The van der Waals surface area contributed by atoms with Crippen molar-refractivity contribution in [3.63, 3.8) is 0 Å². The Morgan fingerprint density at radius 3 is 2.57 bits per heavy atom. The fourth-order valence-electron chi connectivity index (χ4n) is 3.98. The molecule has 0 bridgehead atoms. The van der Waals surface area contributed by atoms with Crippen molar-refractivity contribution >= 4 is 23.4 Å². The minimum Gasteiger partial charge on any atom is -0.360 e. The van der Waals surface area contributed by atoms with Crippen molar-refractivity contribution < 1.29 is 9.32 Å². The number of nitrogens with one attached hydrogen (secondary N) is 1. The van der Waals surface area contributed by atoms with E-state index in [0.717, 1.165) is 48.0 Å². The van der Waals surface area contributed by atoms with E-state index in [-0.39, 0.29) is 5.91 Å². The number of hydrogen-bond donors (Lipinski definition) is 1. The quantitative estimate of drug-likeness (QED) is 0.653. The van der Waals surface area contributed by atoms with Gasteiger partial charge in [-0.15, -0.1) is 0 Å². The molecule has 1 aliphatic rings. The highest BCUT2D eigenvalue weighted by atomic mass is 32.2. The van der Waals surface area contributed by atoms with Crippen LogP contribution in [0.2, 0.25) is 0 Å². The number of thioether (sulfide) groups is 1. The van der Waals surface area contributed by atoms with Crippen molar-refractivity contribution in [2.75, 3.05) is 29.9 Å². The number of rotatable bonds is 5. The maximum Gasteiger partial charge on any atom is 0.257 e. The number of hydrogen-bond acceptors (Lipinski definition) is 5. The summed E-state index contributed by atoms with van der Waals surface area (Å²) in [5, 5.41) is 7.17. The van der Waals surface area contributed by atoms with Gasteiger partial charge in [-0.2, -0.15) is 11.8 Å². The molecular formula is C23H28N4O2S. The third-order valence-electron chi connectivity index (χ3n) is 5.57. The Morgan fingerprint density at radius 2 is 1.90 bits per heavy atom. The lowest BCUT2D eigenvalue weighted by molar-refractivity contribution is 0.102. The summed E-state index contributed by atoms with van der Waals surface area (Å²) in [6, 6.07) is 10.1. The number of anilines is 1. The zero-order valence-electron chi connectivity index (χ0n) is 18.0. The van der Waals surface area contributed by atoms with Gasteiger partial charge in [-0.3, -0.25) is 14.3 Å². The van der Waals surface area contributed by atoms with E-state index in [1.54, 1.807) is 0 Å². The molecule has 0 radical (unpaired) electrons. The second-order valence-corrected chi connectivity index (χ2v) is 9.13. The lowest BCUT2D eigenvalue weighted by Gasteiger charge is -2.26. The Morgan fingerprint density at radius 1 is 1.13 bits per heavy atom. The van der Waals surface area contributed by atoms with Crippen molar-refractivity contribution in [2.45, 2.75) is 34.2 Å². The molecule has 0 saturated carbocycles. The van der Waals surface area contributed by atoms with Crippen molar-refractivity contribution in [1.82, 2.24) is 14.6 Å². The molecule has 0 atom stereocenters. The smallest absolute Gasteiger partial charge is 0.257 e. The van der Waals surface area contributed by atoms with Gasteiger partial charge in [-0.1, -0.05) is 17.3 Å². The number of aromatic nitrogens is 2. The average Bonchev–Trinajstić information content (AvgIpc) is 3.27. The number of carbonyl (C=O) groups is 1. The van der Waals surface area contributed by atoms with Gasteiger partial charge in [0.05, 0.1) is 5.56 Å². The highest BCUT2D eigenvalue weighted by Crippen LogP contribution is 2.24. The van der Waals surface area contributed by atoms with E-state index in [1.807, 2.05) is 62.2 Å². The number of nitrogens with zero attached hydrogens (tertiary/aromatic N) is 3. The zero-order valence-corrected chi connectivity index (χ0v) is 18.8. The molecule has 2 aromatic heterocycles. The van der Waals surface area contributed by atoms with Crippen LogP contribution >= 0.6 is 11.8 Å². The van der Waals surface area contributed by atoms with Crippen LogP contribution in [0.4, 0.5) is 5.69 Å². The molecule has 158 valence electrons. The van der Waals surface area contributed by atoms with Gasteiger partial charge in [0, 0.05) is 54.3 Å². The molecule has 0 aliphatic carbocycles. The summed E-state index contributed by atoms with van der Waals surface area (Å²) in [7, 11) is 0. The lowest BCUT2D eigenvalue weighted by Crippen LogP contribution is -2.31. The molecule has 30 heavy (non-hydrogen) atoms. The predicted molar refractivity (Wildman–Crippen MR) is 122 cm³/mol. The molecule has 3 aromatic rings. The molecule has 0 unspecified atom stereocenters. The average molecular weight is 425 g/mol. The van der Waals surface area contributed by atoms with Crippen LogP contribution in [0.5, 0.6) is 0 Å². The molecule has 0 spiro atoms. The first-order chi connectivity index (χ1) is 14.4. The van der Waals surface area contributed by atoms with Gasteiger partial charge in [0.15, 0.2) is 5.82 Å². The van der Waals surface area contributed by atoms with E-state index in [0.29, 0.717) is 11.4 Å². The topological polar surface area (TPSA) is 63.3 Å². The van der Waals surface area contributed by atoms with E-state index < -0.39 is 0 Å². The minimum absolute atomic E-state index is 0.113. The molecule has 7 heteroatoms. The summed E-state index contributed by atoms with van der Waals surface area (Å²) in [4.78, 5) is 15.5. The highest BCUT2D eigenvalue weighted by Gasteiger charge is 2.19. The maximum absolute atomic E-state index is 13.0. The minimum atomic E-state index is -0.113. The molecule has 6 nitrogen and oxygen atoms in total. The normalized spacial score (nSPS) is 14.8. The van der Waals surface area contributed by atoms with Crippen LogP contribution in [0, 0.1) is 27.7 Å². The number of amides is 1. The van der Waals surface area contributed by atoms with Gasteiger partial charge >= 0.3 is 0 Å². The molecule has 1 N–H and O–H groups in total. The van der Waals surface area contributed by atoms with Crippen molar-refractivity contribution in [1.29, 1.82) is 0 Å². The summed E-state index contributed by atoms with van der Waals surface area (Å²) in [6.45, 7) is 11.0. The van der Waals surface area contributed by atoms with Crippen molar-refractivity contribution in [3.05, 3.63) is 64.2 Å². The first-order valence-electron chi connectivity index (χ1n) is 10.3. The predicted octanol–water partition coefficient (Wildman–Crippen LogP) is 4.50. The van der Waals surface area contributed by atoms with E-state index in [2.05, 4.69) is 27.5 Å². The van der Waals surface area contributed by atoms with Crippen LogP contribution in [0.25, 0.3) is 5.82 Å². The third-order valence-corrected chi connectivity index (χ3v) is 6.51. The molecule has 1 saturated heterocycles. The molecule has 1 aliphatic heterocycles. The van der Waals surface area contributed by atoms with Gasteiger partial charge in [0.2, 0.25) is 0 Å². The van der Waals surface area contributed by atoms with Crippen LogP contribution < -0.4 is 5.32 Å². The van der Waals surface area contributed by atoms with Crippen LogP contribution in [-0.4, -0.2) is 45.1 Å². The Kier molecular flexibility index (Phi) is 6.01. The Labute approximate surface area is 181 Å². The molecule has 1 aromatic carbocycles. The monoisotopic (exact) mass is 424 g/mol. The van der Waals surface area contributed by atoms with Gasteiger partial charge in [-0.05, 0) is 51.0 Å². The van der Waals surface area contributed by atoms with Crippen LogP contribution in [0.1, 0.15) is 38.6 Å². The van der Waals surface area contributed by atoms with E-state index in [9.17, 15) is 4.79 Å². The SMILES string of the molecule is Cc1cc(-n2c(C)cc(C(=O)Nc3ccc(CN4CCSCC4)cc3C)c2C)no1. The largest absolute Gasteiger partial charge is 0.360 e. The maximum atomic E-state index is 13.0. The van der Waals surface area contributed by atoms with Gasteiger partial charge in [-0.25, -0.2) is 0 Å². The Balaban J connectivity index is 1.50. The summed E-state index contributed by atoms with van der Waals surface area (Å²) < 4.78 is 7.14. The summed E-state index contributed by atoms with van der Waals surface area (Å²) in [6.07, 6.45) is 0. The number of carbonyl (C=O) groups excluding carboxylic acids is 1. The Hall–Kier alpha value is -2.51. The first-order valence-corrected chi connectivity index (χ1v) is 11.4. The number of aryl methyl sites for hydroxylation is 3. The third kappa shape index (κ3) is 4.32. The van der Waals surface area contributed by atoms with Gasteiger partial charge in [0.1, 0.15) is 5.76 Å². The lowest BCUT2D eigenvalue weighted by atomic mass is 10.1. The zero-order chi connectivity index (χ0) is 21.3. The number of benzene rings is 1. The van der Waals surface area contributed by atoms with Gasteiger partial charge in [0.25, 0.3) is 5.91 Å². The fraction of sp³-hybridized carbons (Fsp3) is 0.391. The van der Waals surface area contributed by atoms with Crippen molar-refractivity contribution in [2.24, 2.45) is 0 Å². The fourth-order valence-corrected chi connectivity index (χ4v) is 4.95. The molecule has 1 fully saturated rings.